The molecule has 0 aromatic carbocycles. The van der Waals surface area contributed by atoms with Gasteiger partial charge >= 0.3 is 5.97 Å². The number of rotatable bonds is 8. The van der Waals surface area contributed by atoms with Gasteiger partial charge in [-0.25, -0.2) is 0 Å². The molecule has 1 saturated carbocycles. The molecule has 104 valence electrons. The van der Waals surface area contributed by atoms with Crippen LogP contribution < -0.4 is 10.6 Å². The fourth-order valence-electron chi connectivity index (χ4n) is 2.17. The summed E-state index contributed by atoms with van der Waals surface area (Å²) in [6.07, 6.45) is 4.01. The SMILES string of the molecule is CCC(C)NCC(=O)NCC1(CC(=O)O)CCC1. The third-order valence-corrected chi connectivity index (χ3v) is 3.82. The largest absolute Gasteiger partial charge is 0.481 e. The van der Waals surface area contributed by atoms with Crippen molar-refractivity contribution in [2.45, 2.75) is 52.0 Å². The molecule has 1 amide bonds. The maximum absolute atomic E-state index is 11.6. The van der Waals surface area contributed by atoms with Gasteiger partial charge in [-0.3, -0.25) is 9.59 Å². The maximum atomic E-state index is 11.6. The molecule has 5 nitrogen and oxygen atoms in total. The third-order valence-electron chi connectivity index (χ3n) is 3.82. The van der Waals surface area contributed by atoms with Crippen LogP contribution in [0.15, 0.2) is 0 Å². The van der Waals surface area contributed by atoms with Gasteiger partial charge in [0.05, 0.1) is 13.0 Å². The number of nitrogens with one attached hydrogen (secondary N) is 2. The Bertz CT molecular complexity index is 301. The fraction of sp³-hybridized carbons (Fsp3) is 0.846. The highest BCUT2D eigenvalue weighted by Gasteiger charge is 2.39. The van der Waals surface area contributed by atoms with Crippen LogP contribution in [-0.2, 0) is 9.59 Å². The lowest BCUT2D eigenvalue weighted by Crippen LogP contribution is -2.46. The first kappa shape index (κ1) is 15.0. The highest BCUT2D eigenvalue weighted by Crippen LogP contribution is 2.43. The van der Waals surface area contributed by atoms with Crippen molar-refractivity contribution in [2.75, 3.05) is 13.1 Å². The molecular formula is C13H24N2O3. The van der Waals surface area contributed by atoms with Gasteiger partial charge in [-0.15, -0.1) is 0 Å². The van der Waals surface area contributed by atoms with E-state index in [-0.39, 0.29) is 17.7 Å². The van der Waals surface area contributed by atoms with Gasteiger partial charge in [0.1, 0.15) is 0 Å². The van der Waals surface area contributed by atoms with Gasteiger partial charge in [-0.1, -0.05) is 13.3 Å². The quantitative estimate of drug-likeness (QED) is 0.608. The molecular weight excluding hydrogens is 232 g/mol. The topological polar surface area (TPSA) is 78.4 Å². The highest BCUT2D eigenvalue weighted by atomic mass is 16.4. The molecule has 3 N–H and O–H groups in total. The Kier molecular flexibility index (Phi) is 5.59. The van der Waals surface area contributed by atoms with E-state index in [2.05, 4.69) is 17.6 Å². The first-order valence-electron chi connectivity index (χ1n) is 6.69. The predicted octanol–water partition coefficient (Wildman–Crippen LogP) is 1.14. The van der Waals surface area contributed by atoms with Crippen LogP contribution >= 0.6 is 0 Å². The Hall–Kier alpha value is -1.10. The lowest BCUT2D eigenvalue weighted by atomic mass is 9.66. The van der Waals surface area contributed by atoms with Crippen LogP contribution in [0.25, 0.3) is 0 Å². The first-order chi connectivity index (χ1) is 8.47. The number of carbonyl (C=O) groups excluding carboxylic acids is 1. The Balaban J connectivity index is 2.26. The highest BCUT2D eigenvalue weighted by molar-refractivity contribution is 5.78. The smallest absolute Gasteiger partial charge is 0.303 e. The van der Waals surface area contributed by atoms with E-state index in [0.29, 0.717) is 19.1 Å². The number of carbonyl (C=O) groups is 2. The Morgan fingerprint density at radius 3 is 2.50 bits per heavy atom. The summed E-state index contributed by atoms with van der Waals surface area (Å²) in [5.74, 6) is -0.825. The van der Waals surface area contributed by atoms with Crippen molar-refractivity contribution in [1.82, 2.24) is 10.6 Å². The van der Waals surface area contributed by atoms with Crippen LogP contribution in [0.1, 0.15) is 46.0 Å². The molecule has 0 spiro atoms. The van der Waals surface area contributed by atoms with Crippen molar-refractivity contribution in [2.24, 2.45) is 5.41 Å². The third kappa shape index (κ3) is 4.64. The van der Waals surface area contributed by atoms with Gasteiger partial charge in [-0.05, 0) is 31.6 Å². The number of carboxylic acids is 1. The Morgan fingerprint density at radius 2 is 2.06 bits per heavy atom. The molecule has 0 aromatic heterocycles. The van der Waals surface area contributed by atoms with Crippen LogP contribution in [0, 0.1) is 5.41 Å². The second-order valence-corrected chi connectivity index (χ2v) is 5.39. The summed E-state index contributed by atoms with van der Waals surface area (Å²) >= 11 is 0. The molecule has 1 fully saturated rings. The summed E-state index contributed by atoms with van der Waals surface area (Å²) in [7, 11) is 0. The van der Waals surface area contributed by atoms with E-state index in [0.717, 1.165) is 25.7 Å². The van der Waals surface area contributed by atoms with Gasteiger partial charge in [0.2, 0.25) is 5.91 Å². The summed E-state index contributed by atoms with van der Waals surface area (Å²) in [6, 6.07) is 0.326. The number of carboxylic acid groups (broad SMARTS) is 1. The molecule has 1 rings (SSSR count). The summed E-state index contributed by atoms with van der Waals surface area (Å²) in [5, 5.41) is 14.8. The average molecular weight is 256 g/mol. The van der Waals surface area contributed by atoms with Crippen molar-refractivity contribution in [3.05, 3.63) is 0 Å². The minimum Gasteiger partial charge on any atom is -0.481 e. The number of amides is 1. The van der Waals surface area contributed by atoms with E-state index in [9.17, 15) is 9.59 Å². The lowest BCUT2D eigenvalue weighted by molar-refractivity contribution is -0.141. The van der Waals surface area contributed by atoms with Gasteiger partial charge in [-0.2, -0.15) is 0 Å². The summed E-state index contributed by atoms with van der Waals surface area (Å²) in [6.45, 7) is 4.88. The molecule has 0 aromatic rings. The van der Waals surface area contributed by atoms with Crippen molar-refractivity contribution in [3.8, 4) is 0 Å². The maximum Gasteiger partial charge on any atom is 0.303 e. The van der Waals surface area contributed by atoms with Crippen LogP contribution in [0.5, 0.6) is 0 Å². The summed E-state index contributed by atoms with van der Waals surface area (Å²) < 4.78 is 0. The Labute approximate surface area is 108 Å². The molecule has 1 aliphatic rings. The Morgan fingerprint density at radius 1 is 1.39 bits per heavy atom. The molecule has 5 heteroatoms. The number of hydrogen-bond donors (Lipinski definition) is 3. The van der Waals surface area contributed by atoms with E-state index in [4.69, 9.17) is 5.11 Å². The van der Waals surface area contributed by atoms with Crippen LogP contribution in [-0.4, -0.2) is 36.1 Å². The predicted molar refractivity (Wildman–Crippen MR) is 69.3 cm³/mol. The zero-order chi connectivity index (χ0) is 13.6. The molecule has 0 aliphatic heterocycles. The normalized spacial score (nSPS) is 18.8. The molecule has 18 heavy (non-hydrogen) atoms. The summed E-state index contributed by atoms with van der Waals surface area (Å²) in [4.78, 5) is 22.4. The first-order valence-corrected chi connectivity index (χ1v) is 6.69. The molecule has 1 aliphatic carbocycles. The zero-order valence-corrected chi connectivity index (χ0v) is 11.3. The standard InChI is InChI=1S/C13H24N2O3/c1-3-10(2)14-8-11(16)15-9-13(5-4-6-13)7-12(17)18/h10,14H,3-9H2,1-2H3,(H,15,16)(H,17,18). The zero-order valence-electron chi connectivity index (χ0n) is 11.3. The average Bonchev–Trinajstić information content (AvgIpc) is 2.28. The van der Waals surface area contributed by atoms with Gasteiger partial charge in [0, 0.05) is 12.6 Å². The second-order valence-electron chi connectivity index (χ2n) is 5.39. The van der Waals surface area contributed by atoms with E-state index in [1.807, 2.05) is 6.92 Å². The monoisotopic (exact) mass is 256 g/mol. The number of hydrogen-bond acceptors (Lipinski definition) is 3. The van der Waals surface area contributed by atoms with Gasteiger partial charge in [0.15, 0.2) is 0 Å². The molecule has 0 radical (unpaired) electrons. The minimum absolute atomic E-state index is 0.0491. The van der Waals surface area contributed by atoms with Crippen molar-refractivity contribution in [1.29, 1.82) is 0 Å². The van der Waals surface area contributed by atoms with E-state index >= 15 is 0 Å². The molecule has 0 saturated heterocycles. The van der Waals surface area contributed by atoms with Crippen molar-refractivity contribution < 1.29 is 14.7 Å². The van der Waals surface area contributed by atoms with Crippen LogP contribution in [0.4, 0.5) is 0 Å². The van der Waals surface area contributed by atoms with Gasteiger partial charge < -0.3 is 15.7 Å². The van der Waals surface area contributed by atoms with Crippen LogP contribution in [0.3, 0.4) is 0 Å². The van der Waals surface area contributed by atoms with Gasteiger partial charge in [0.25, 0.3) is 0 Å². The minimum atomic E-state index is -0.776. The van der Waals surface area contributed by atoms with Crippen LogP contribution in [0.2, 0.25) is 0 Å². The molecule has 0 bridgehead atoms. The van der Waals surface area contributed by atoms with E-state index in [1.54, 1.807) is 0 Å². The fourth-order valence-corrected chi connectivity index (χ4v) is 2.17. The van der Waals surface area contributed by atoms with E-state index in [1.165, 1.54) is 0 Å². The van der Waals surface area contributed by atoms with Crippen molar-refractivity contribution in [3.63, 3.8) is 0 Å². The lowest BCUT2D eigenvalue weighted by Gasteiger charge is -2.40. The number of aliphatic carboxylic acids is 1. The molecule has 1 unspecified atom stereocenters. The molecule has 1 atom stereocenters. The second kappa shape index (κ2) is 6.73. The summed E-state index contributed by atoms with van der Waals surface area (Å²) in [5.41, 5.74) is -0.197. The van der Waals surface area contributed by atoms with E-state index < -0.39 is 5.97 Å². The van der Waals surface area contributed by atoms with Crippen molar-refractivity contribution >= 4 is 11.9 Å². The molecule has 0 heterocycles.